The highest BCUT2D eigenvalue weighted by atomic mass is 32.2. The van der Waals surface area contributed by atoms with Crippen LogP contribution in [0.25, 0.3) is 0 Å². The summed E-state index contributed by atoms with van der Waals surface area (Å²) in [6, 6.07) is 0. The average Bonchev–Trinajstić information content (AvgIpc) is 2.85. The molecule has 1 aliphatic rings. The van der Waals surface area contributed by atoms with Crippen LogP contribution in [0, 0.1) is 5.41 Å². The van der Waals surface area contributed by atoms with E-state index < -0.39 is 41.9 Å². The summed E-state index contributed by atoms with van der Waals surface area (Å²) >= 11 is 0.922. The van der Waals surface area contributed by atoms with Crippen molar-refractivity contribution in [2.75, 3.05) is 32.6 Å². The number of ketones is 1. The van der Waals surface area contributed by atoms with Gasteiger partial charge >= 0.3 is 5.97 Å². The summed E-state index contributed by atoms with van der Waals surface area (Å²) < 4.78 is 15.9. The molecule has 1 aliphatic heterocycles. The molecule has 4 atom stereocenters. The first kappa shape index (κ1) is 34.0. The van der Waals surface area contributed by atoms with Crippen LogP contribution in [0.15, 0.2) is 0 Å². The predicted molar refractivity (Wildman–Crippen MR) is 139 cm³/mol. The number of esters is 1. The fraction of sp³-hybridized carbons (Fsp3) is 0.800. The van der Waals surface area contributed by atoms with Gasteiger partial charge in [-0.3, -0.25) is 24.0 Å². The van der Waals surface area contributed by atoms with E-state index in [0.717, 1.165) is 11.8 Å². The number of rotatable bonds is 17. The first-order valence-corrected chi connectivity index (χ1v) is 13.8. The molecular weight excluding hydrogens is 520 g/mol. The van der Waals surface area contributed by atoms with E-state index in [1.54, 1.807) is 0 Å². The lowest BCUT2D eigenvalue weighted by Gasteiger charge is -2.41. The second-order valence-electron chi connectivity index (χ2n) is 9.84. The minimum Gasteiger partial charge on any atom is -0.469 e. The Bertz CT molecular complexity index is 807. The Labute approximate surface area is 227 Å². The molecule has 3 unspecified atom stereocenters. The molecule has 12 nitrogen and oxygen atoms in total. The van der Waals surface area contributed by atoms with Gasteiger partial charge in [0.05, 0.1) is 38.8 Å². The Morgan fingerprint density at radius 3 is 2.42 bits per heavy atom. The maximum atomic E-state index is 12.8. The van der Waals surface area contributed by atoms with E-state index in [-0.39, 0.29) is 80.8 Å². The third kappa shape index (κ3) is 13.7. The molecule has 0 aromatic carbocycles. The van der Waals surface area contributed by atoms with Gasteiger partial charge in [0.2, 0.25) is 11.8 Å². The second-order valence-corrected chi connectivity index (χ2v) is 11.0. The lowest BCUT2D eigenvalue weighted by Crippen LogP contribution is -2.54. The summed E-state index contributed by atoms with van der Waals surface area (Å²) in [5.41, 5.74) is -0.624. The molecule has 13 heteroatoms. The molecular formula is C25H42N2O10S. The minimum absolute atomic E-state index is 0.0249. The van der Waals surface area contributed by atoms with Gasteiger partial charge in [-0.1, -0.05) is 32.5 Å². The van der Waals surface area contributed by atoms with Crippen molar-refractivity contribution in [2.45, 2.75) is 90.3 Å². The highest BCUT2D eigenvalue weighted by molar-refractivity contribution is 8.13. The van der Waals surface area contributed by atoms with E-state index in [4.69, 9.17) is 9.47 Å². The molecule has 1 saturated heterocycles. The number of carbonyl (C=O) groups excluding carboxylic acids is 5. The van der Waals surface area contributed by atoms with Gasteiger partial charge in [0.15, 0.2) is 11.4 Å². The quantitative estimate of drug-likeness (QED) is 0.110. The van der Waals surface area contributed by atoms with Crippen LogP contribution in [0.5, 0.6) is 0 Å². The zero-order chi connectivity index (χ0) is 28.7. The molecule has 0 aliphatic carbocycles. The fourth-order valence-corrected chi connectivity index (χ4v) is 4.27. The molecule has 0 saturated carbocycles. The van der Waals surface area contributed by atoms with Crippen molar-refractivity contribution in [3.8, 4) is 0 Å². The number of ether oxygens (including phenoxy) is 3. The first-order chi connectivity index (χ1) is 17.9. The van der Waals surface area contributed by atoms with Gasteiger partial charge in [-0.2, -0.15) is 0 Å². The van der Waals surface area contributed by atoms with E-state index in [2.05, 4.69) is 15.4 Å². The van der Waals surface area contributed by atoms with E-state index >= 15 is 0 Å². The SMILES string of the molecule is CCC(O)CC(O)CC1OCC(C)(C)[C@H](C(=O)NCCC(=O)NCCSC(=O)CC(=O)CCC(=O)OC)O1. The molecule has 1 rings (SSSR count). The zero-order valence-corrected chi connectivity index (χ0v) is 23.5. The lowest BCUT2D eigenvalue weighted by atomic mass is 9.85. The number of Topliss-reactive ketones (excluding diaryl/α,β-unsaturated/α-hetero) is 1. The van der Waals surface area contributed by atoms with Crippen molar-refractivity contribution >= 4 is 40.4 Å². The number of hydrogen-bond donors (Lipinski definition) is 4. The Morgan fingerprint density at radius 2 is 1.76 bits per heavy atom. The number of aliphatic hydroxyl groups is 2. The topological polar surface area (TPSA) is 178 Å². The van der Waals surface area contributed by atoms with E-state index in [1.807, 2.05) is 20.8 Å². The van der Waals surface area contributed by atoms with Gasteiger partial charge in [-0.15, -0.1) is 0 Å². The van der Waals surface area contributed by atoms with Crippen LogP contribution in [0.4, 0.5) is 0 Å². The molecule has 0 aromatic rings. The summed E-state index contributed by atoms with van der Waals surface area (Å²) in [6.45, 7) is 6.00. The highest BCUT2D eigenvalue weighted by Crippen LogP contribution is 2.32. The van der Waals surface area contributed by atoms with Crippen LogP contribution in [0.3, 0.4) is 0 Å². The number of carbonyl (C=O) groups is 5. The summed E-state index contributed by atoms with van der Waals surface area (Å²) in [5.74, 6) is -1.27. The molecule has 38 heavy (non-hydrogen) atoms. The van der Waals surface area contributed by atoms with Crippen molar-refractivity contribution in [3.63, 3.8) is 0 Å². The van der Waals surface area contributed by atoms with Gasteiger partial charge in [0.25, 0.3) is 0 Å². The Morgan fingerprint density at radius 1 is 1.05 bits per heavy atom. The fourth-order valence-electron chi connectivity index (χ4n) is 3.58. The summed E-state index contributed by atoms with van der Waals surface area (Å²) in [6.07, 6.45) is -2.62. The highest BCUT2D eigenvalue weighted by Gasteiger charge is 2.43. The monoisotopic (exact) mass is 562 g/mol. The summed E-state index contributed by atoms with van der Waals surface area (Å²) in [4.78, 5) is 59.3. The zero-order valence-electron chi connectivity index (χ0n) is 22.7. The van der Waals surface area contributed by atoms with E-state index in [0.29, 0.717) is 6.42 Å². The minimum atomic E-state index is -0.842. The first-order valence-electron chi connectivity index (χ1n) is 12.8. The average molecular weight is 563 g/mol. The van der Waals surface area contributed by atoms with E-state index in [1.165, 1.54) is 7.11 Å². The Hall–Kier alpha value is -2.06. The van der Waals surface area contributed by atoms with Crippen molar-refractivity contribution in [2.24, 2.45) is 5.41 Å². The van der Waals surface area contributed by atoms with Crippen molar-refractivity contribution in [3.05, 3.63) is 0 Å². The van der Waals surface area contributed by atoms with E-state index in [9.17, 15) is 34.2 Å². The number of amides is 2. The number of thioether (sulfide) groups is 1. The number of nitrogens with one attached hydrogen (secondary N) is 2. The molecule has 0 aromatic heterocycles. The van der Waals surface area contributed by atoms with Crippen LogP contribution in [0.1, 0.15) is 65.7 Å². The lowest BCUT2D eigenvalue weighted by molar-refractivity contribution is -0.261. The van der Waals surface area contributed by atoms with Crippen LogP contribution >= 0.6 is 11.8 Å². The molecule has 4 N–H and O–H groups in total. The normalized spacial score (nSPS) is 20.2. The maximum Gasteiger partial charge on any atom is 0.305 e. The second kappa shape index (κ2) is 17.5. The molecule has 1 heterocycles. The third-order valence-electron chi connectivity index (χ3n) is 5.87. The van der Waals surface area contributed by atoms with Crippen molar-refractivity contribution < 1.29 is 48.4 Å². The third-order valence-corrected chi connectivity index (χ3v) is 6.75. The number of hydrogen-bond acceptors (Lipinski definition) is 11. The predicted octanol–water partition coefficient (Wildman–Crippen LogP) is 0.461. The largest absolute Gasteiger partial charge is 0.469 e. The number of aliphatic hydroxyl groups excluding tert-OH is 2. The Kier molecular flexibility index (Phi) is 15.7. The van der Waals surface area contributed by atoms with Gasteiger partial charge in [0, 0.05) is 43.5 Å². The van der Waals surface area contributed by atoms with Gasteiger partial charge in [-0.05, 0) is 12.8 Å². The maximum absolute atomic E-state index is 12.8. The van der Waals surface area contributed by atoms with Gasteiger partial charge in [0.1, 0.15) is 11.9 Å². The summed E-state index contributed by atoms with van der Waals surface area (Å²) in [5, 5.41) is 24.9. The summed E-state index contributed by atoms with van der Waals surface area (Å²) in [7, 11) is 1.23. The molecule has 0 bridgehead atoms. The standard InChI is InChI=1S/C25H42N2O10S/c1-5-16(28)12-18(30)14-22-36-15-25(2,3)23(37-22)24(34)27-9-8-19(31)26-10-11-38-21(33)13-17(29)6-7-20(32)35-4/h16,18,22-23,28,30H,5-15H2,1-4H3,(H,26,31)(H,27,34)/t16?,18?,22?,23-/m0/s1. The molecule has 0 spiro atoms. The van der Waals surface area contributed by atoms with Crippen LogP contribution in [-0.4, -0.2) is 96.1 Å². The van der Waals surface area contributed by atoms with Gasteiger partial charge in [-0.25, -0.2) is 0 Å². The Balaban J connectivity index is 2.30. The molecule has 1 fully saturated rings. The van der Waals surface area contributed by atoms with Crippen LogP contribution < -0.4 is 10.6 Å². The molecule has 2 amide bonds. The van der Waals surface area contributed by atoms with Crippen LogP contribution in [0.2, 0.25) is 0 Å². The molecule has 0 radical (unpaired) electrons. The van der Waals surface area contributed by atoms with Crippen molar-refractivity contribution in [1.82, 2.24) is 10.6 Å². The van der Waals surface area contributed by atoms with Crippen molar-refractivity contribution in [1.29, 1.82) is 0 Å². The van der Waals surface area contributed by atoms with Crippen LogP contribution in [-0.2, 0) is 38.2 Å². The smallest absolute Gasteiger partial charge is 0.305 e. The van der Waals surface area contributed by atoms with Gasteiger partial charge < -0.3 is 35.1 Å². The molecule has 218 valence electrons. The number of methoxy groups -OCH3 is 1.